The smallest absolute Gasteiger partial charge is 0.253 e. The largest absolute Gasteiger partial charge is 0.487 e. The second-order valence-electron chi connectivity index (χ2n) is 10.9. The molecule has 0 radical (unpaired) electrons. The molecular formula is C29H33N3O3. The third-order valence-electron chi connectivity index (χ3n) is 8.03. The molecule has 2 saturated heterocycles. The van der Waals surface area contributed by atoms with E-state index in [1.807, 2.05) is 33.9 Å². The van der Waals surface area contributed by atoms with Gasteiger partial charge in [0.2, 0.25) is 0 Å². The molecule has 0 spiro atoms. The molecule has 0 aliphatic carbocycles. The van der Waals surface area contributed by atoms with Gasteiger partial charge in [0.05, 0.1) is 18.5 Å². The van der Waals surface area contributed by atoms with Crippen LogP contribution in [0.2, 0.25) is 0 Å². The summed E-state index contributed by atoms with van der Waals surface area (Å²) in [7, 11) is 0. The lowest BCUT2D eigenvalue weighted by molar-refractivity contribution is -0.184. The van der Waals surface area contributed by atoms with E-state index in [0.29, 0.717) is 12.5 Å². The summed E-state index contributed by atoms with van der Waals surface area (Å²) in [5.74, 6) is 1.64. The van der Waals surface area contributed by atoms with E-state index in [4.69, 9.17) is 9.47 Å². The molecule has 0 unspecified atom stereocenters. The summed E-state index contributed by atoms with van der Waals surface area (Å²) in [4.78, 5) is 19.6. The number of likely N-dealkylation sites (tertiary alicyclic amines) is 1. The summed E-state index contributed by atoms with van der Waals surface area (Å²) < 4.78 is 15.3. The minimum Gasteiger partial charge on any atom is -0.487 e. The third kappa shape index (κ3) is 4.14. The molecule has 3 aliphatic heterocycles. The molecule has 6 heteroatoms. The van der Waals surface area contributed by atoms with Gasteiger partial charge in [-0.2, -0.15) is 0 Å². The highest BCUT2D eigenvalue weighted by Crippen LogP contribution is 2.53. The Kier molecular flexibility index (Phi) is 5.44. The quantitative estimate of drug-likeness (QED) is 0.538. The number of nitrogens with zero attached hydrogens (tertiary/aromatic N) is 3. The highest BCUT2D eigenvalue weighted by Gasteiger charge is 2.51. The van der Waals surface area contributed by atoms with Gasteiger partial charge in [-0.1, -0.05) is 24.3 Å². The standard InChI is InChI=1S/C29H33N3O3/c1-19-7-8-23-26(13-19)35-29(2,3)24-15-22-17-32(11-9-25(22)34-27(23)24)28(33)21-6-4-5-20(14-21)16-31-12-10-30-18-31/h4-8,10,12-14,18,22,24-25,27H,9,11,15-17H2,1-3H3/t22-,24+,25+,27-/m1/s1. The van der Waals surface area contributed by atoms with Crippen molar-refractivity contribution in [1.29, 1.82) is 0 Å². The molecule has 0 saturated carbocycles. The number of imidazole rings is 1. The molecule has 4 atom stereocenters. The van der Waals surface area contributed by atoms with Gasteiger partial charge in [-0.25, -0.2) is 4.98 Å². The molecule has 1 amide bonds. The zero-order valence-corrected chi connectivity index (χ0v) is 20.7. The Labute approximate surface area is 206 Å². The lowest BCUT2D eigenvalue weighted by Gasteiger charge is -2.53. The molecule has 4 heterocycles. The Balaban J connectivity index is 1.19. The number of carbonyl (C=O) groups is 1. The van der Waals surface area contributed by atoms with Crippen molar-refractivity contribution in [3.05, 3.63) is 83.4 Å². The van der Waals surface area contributed by atoms with Crippen LogP contribution in [0.15, 0.2) is 61.2 Å². The molecular weight excluding hydrogens is 438 g/mol. The van der Waals surface area contributed by atoms with E-state index in [9.17, 15) is 4.79 Å². The van der Waals surface area contributed by atoms with Crippen LogP contribution in [0.25, 0.3) is 0 Å². The lowest BCUT2D eigenvalue weighted by atomic mass is 9.70. The summed E-state index contributed by atoms with van der Waals surface area (Å²) in [6.07, 6.45) is 7.61. The molecule has 6 nitrogen and oxygen atoms in total. The number of rotatable bonds is 3. The molecule has 3 aliphatic rings. The van der Waals surface area contributed by atoms with Crippen LogP contribution in [0.3, 0.4) is 0 Å². The maximum atomic E-state index is 13.5. The average Bonchev–Trinajstić information content (AvgIpc) is 3.35. The van der Waals surface area contributed by atoms with Crippen LogP contribution in [0, 0.1) is 18.8 Å². The fourth-order valence-electron chi connectivity index (χ4n) is 6.17. The van der Waals surface area contributed by atoms with Gasteiger partial charge in [-0.05, 0) is 62.9 Å². The van der Waals surface area contributed by atoms with Gasteiger partial charge in [0, 0.05) is 55.0 Å². The van der Waals surface area contributed by atoms with Crippen LogP contribution in [0.1, 0.15) is 59.8 Å². The number of carbonyl (C=O) groups excluding carboxylic acids is 1. The molecule has 0 bridgehead atoms. The van der Waals surface area contributed by atoms with E-state index in [0.717, 1.165) is 42.8 Å². The Hall–Kier alpha value is -3.12. The number of fused-ring (bicyclic) bond motifs is 4. The van der Waals surface area contributed by atoms with Crippen molar-refractivity contribution in [2.24, 2.45) is 11.8 Å². The van der Waals surface area contributed by atoms with Gasteiger partial charge in [0.1, 0.15) is 11.4 Å². The Morgan fingerprint density at radius 3 is 2.91 bits per heavy atom. The zero-order valence-electron chi connectivity index (χ0n) is 20.7. The van der Waals surface area contributed by atoms with E-state index in [1.165, 1.54) is 11.1 Å². The van der Waals surface area contributed by atoms with Gasteiger partial charge >= 0.3 is 0 Å². The van der Waals surface area contributed by atoms with Crippen LogP contribution >= 0.6 is 0 Å². The molecule has 2 fully saturated rings. The number of benzene rings is 2. The fourth-order valence-corrected chi connectivity index (χ4v) is 6.17. The Bertz CT molecular complexity index is 1240. The second-order valence-corrected chi connectivity index (χ2v) is 10.9. The van der Waals surface area contributed by atoms with E-state index in [1.54, 1.807) is 12.5 Å². The van der Waals surface area contributed by atoms with Crippen molar-refractivity contribution in [1.82, 2.24) is 14.5 Å². The summed E-state index contributed by atoms with van der Waals surface area (Å²) >= 11 is 0. The summed E-state index contributed by atoms with van der Waals surface area (Å²) in [6.45, 7) is 8.62. The second kappa shape index (κ2) is 8.52. The highest BCUT2D eigenvalue weighted by atomic mass is 16.5. The van der Waals surface area contributed by atoms with Gasteiger partial charge < -0.3 is 18.9 Å². The molecule has 3 aromatic rings. The predicted molar refractivity (Wildman–Crippen MR) is 133 cm³/mol. The van der Waals surface area contributed by atoms with Crippen LogP contribution in [-0.4, -0.2) is 45.2 Å². The van der Waals surface area contributed by atoms with Crippen molar-refractivity contribution in [3.63, 3.8) is 0 Å². The number of hydrogen-bond acceptors (Lipinski definition) is 4. The van der Waals surface area contributed by atoms with Gasteiger partial charge in [-0.15, -0.1) is 0 Å². The van der Waals surface area contributed by atoms with Crippen LogP contribution in [0.5, 0.6) is 5.75 Å². The van der Waals surface area contributed by atoms with E-state index >= 15 is 0 Å². The molecule has 2 aromatic carbocycles. The van der Waals surface area contributed by atoms with Crippen LogP contribution in [-0.2, 0) is 11.3 Å². The average molecular weight is 472 g/mol. The first-order chi connectivity index (χ1) is 16.9. The molecule has 182 valence electrons. The number of ether oxygens (including phenoxy) is 2. The SMILES string of the molecule is Cc1ccc2c(c1)OC(C)(C)[C@H]1C[C@@H]3CN(C(=O)c4cccc(Cn5ccnc5)c4)CC[C@@H]3O[C@H]21. The minimum absolute atomic E-state index is 0.0534. The molecule has 1 aromatic heterocycles. The lowest BCUT2D eigenvalue weighted by Crippen LogP contribution is -2.56. The van der Waals surface area contributed by atoms with Gasteiger partial charge in [-0.3, -0.25) is 4.79 Å². The van der Waals surface area contributed by atoms with E-state index < -0.39 is 0 Å². The Morgan fingerprint density at radius 1 is 1.20 bits per heavy atom. The number of aryl methyl sites for hydroxylation is 1. The topological polar surface area (TPSA) is 56.6 Å². The number of aromatic nitrogens is 2. The van der Waals surface area contributed by atoms with Crippen molar-refractivity contribution in [2.75, 3.05) is 13.1 Å². The van der Waals surface area contributed by atoms with Crippen molar-refractivity contribution in [2.45, 2.75) is 58.0 Å². The normalized spacial score (nSPS) is 26.8. The molecule has 6 rings (SSSR count). The number of hydrogen-bond donors (Lipinski definition) is 0. The van der Waals surface area contributed by atoms with E-state index in [2.05, 4.69) is 50.0 Å². The van der Waals surface area contributed by atoms with Gasteiger partial charge in [0.25, 0.3) is 5.91 Å². The minimum atomic E-state index is -0.315. The maximum Gasteiger partial charge on any atom is 0.253 e. The molecule has 0 N–H and O–H groups in total. The number of amides is 1. The monoisotopic (exact) mass is 471 g/mol. The molecule has 35 heavy (non-hydrogen) atoms. The zero-order chi connectivity index (χ0) is 24.2. The van der Waals surface area contributed by atoms with Crippen LogP contribution < -0.4 is 4.74 Å². The van der Waals surface area contributed by atoms with Gasteiger partial charge in [0.15, 0.2) is 0 Å². The van der Waals surface area contributed by atoms with Crippen molar-refractivity contribution >= 4 is 5.91 Å². The summed E-state index contributed by atoms with van der Waals surface area (Å²) in [5, 5.41) is 0. The Morgan fingerprint density at radius 2 is 2.09 bits per heavy atom. The first-order valence-electron chi connectivity index (χ1n) is 12.7. The van der Waals surface area contributed by atoms with Crippen molar-refractivity contribution < 1.29 is 14.3 Å². The fraction of sp³-hybridized carbons (Fsp3) is 0.448. The first kappa shape index (κ1) is 22.4. The summed E-state index contributed by atoms with van der Waals surface area (Å²) in [5.41, 5.74) is 3.91. The van der Waals surface area contributed by atoms with Crippen LogP contribution in [0.4, 0.5) is 0 Å². The third-order valence-corrected chi connectivity index (χ3v) is 8.03. The first-order valence-corrected chi connectivity index (χ1v) is 12.7. The highest BCUT2D eigenvalue weighted by molar-refractivity contribution is 5.94. The predicted octanol–water partition coefficient (Wildman–Crippen LogP) is 5.02. The number of piperidine rings is 1. The van der Waals surface area contributed by atoms with E-state index in [-0.39, 0.29) is 29.6 Å². The summed E-state index contributed by atoms with van der Waals surface area (Å²) in [6, 6.07) is 14.4. The maximum absolute atomic E-state index is 13.5. The van der Waals surface area contributed by atoms with Crippen molar-refractivity contribution in [3.8, 4) is 5.75 Å².